The molecule has 0 aliphatic rings. The first kappa shape index (κ1) is 15.2. The van der Waals surface area contributed by atoms with Crippen molar-refractivity contribution in [2.75, 3.05) is 5.32 Å². The Labute approximate surface area is 137 Å². The van der Waals surface area contributed by atoms with Gasteiger partial charge < -0.3 is 5.32 Å². The molecule has 23 heavy (non-hydrogen) atoms. The molecule has 3 heteroatoms. The molecule has 0 saturated heterocycles. The highest BCUT2D eigenvalue weighted by molar-refractivity contribution is 5.67. The summed E-state index contributed by atoms with van der Waals surface area (Å²) in [5, 5.41) is 3.46. The molecular weight excluding hydrogens is 282 g/mol. The van der Waals surface area contributed by atoms with E-state index in [-0.39, 0.29) is 0 Å². The second-order valence-electron chi connectivity index (χ2n) is 5.65. The van der Waals surface area contributed by atoms with Gasteiger partial charge in [-0.1, -0.05) is 67.6 Å². The Balaban J connectivity index is 2.07. The number of rotatable bonds is 5. The van der Waals surface area contributed by atoms with Gasteiger partial charge in [-0.15, -0.1) is 0 Å². The maximum absolute atomic E-state index is 4.76. The minimum Gasteiger partial charge on any atom is -0.367 e. The molecule has 3 nitrogen and oxygen atoms in total. The molecule has 0 amide bonds. The first-order chi connectivity index (χ1) is 11.3. The van der Waals surface area contributed by atoms with Gasteiger partial charge in [-0.05, 0) is 13.3 Å². The van der Waals surface area contributed by atoms with E-state index in [1.165, 1.54) is 0 Å². The fourth-order valence-corrected chi connectivity index (χ4v) is 2.35. The van der Waals surface area contributed by atoms with E-state index < -0.39 is 0 Å². The number of hydrogen-bond donors (Lipinski definition) is 1. The number of hydrogen-bond acceptors (Lipinski definition) is 3. The lowest BCUT2D eigenvalue weighted by molar-refractivity contribution is 0.759. The Bertz CT molecular complexity index is 697. The normalized spacial score (nSPS) is 11.9. The summed E-state index contributed by atoms with van der Waals surface area (Å²) in [6.45, 7) is 4.32. The smallest absolute Gasteiger partial charge is 0.162 e. The SMILES string of the molecule is CCC(C)Nc1cc(-c2ccccc2)nc(-c2ccccc2)n1. The van der Waals surface area contributed by atoms with Crippen molar-refractivity contribution in [2.24, 2.45) is 0 Å². The lowest BCUT2D eigenvalue weighted by atomic mass is 10.1. The van der Waals surface area contributed by atoms with Gasteiger partial charge in [-0.25, -0.2) is 9.97 Å². The predicted molar refractivity (Wildman–Crippen MR) is 96.3 cm³/mol. The zero-order valence-electron chi connectivity index (χ0n) is 13.5. The summed E-state index contributed by atoms with van der Waals surface area (Å²) in [5.41, 5.74) is 3.06. The first-order valence-electron chi connectivity index (χ1n) is 8.02. The minimum atomic E-state index is 0.372. The van der Waals surface area contributed by atoms with E-state index in [4.69, 9.17) is 9.97 Å². The lowest BCUT2D eigenvalue weighted by Crippen LogP contribution is -2.15. The fraction of sp³-hybridized carbons (Fsp3) is 0.200. The Kier molecular flexibility index (Phi) is 4.67. The number of nitrogens with zero attached hydrogens (tertiary/aromatic N) is 2. The number of benzene rings is 2. The molecule has 1 heterocycles. The van der Waals surface area contributed by atoms with Gasteiger partial charge >= 0.3 is 0 Å². The first-order valence-corrected chi connectivity index (χ1v) is 8.02. The summed E-state index contributed by atoms with van der Waals surface area (Å²) in [7, 11) is 0. The molecule has 2 aromatic carbocycles. The third-order valence-electron chi connectivity index (χ3n) is 3.83. The molecule has 0 spiro atoms. The Morgan fingerprint density at radius 2 is 1.48 bits per heavy atom. The molecule has 3 aromatic rings. The van der Waals surface area contributed by atoms with Crippen molar-refractivity contribution in [3.8, 4) is 22.6 Å². The van der Waals surface area contributed by atoms with Crippen molar-refractivity contribution in [3.63, 3.8) is 0 Å². The molecule has 116 valence electrons. The summed E-state index contributed by atoms with van der Waals surface area (Å²) < 4.78 is 0. The van der Waals surface area contributed by atoms with Gasteiger partial charge in [0.2, 0.25) is 0 Å². The van der Waals surface area contributed by atoms with E-state index in [0.29, 0.717) is 6.04 Å². The van der Waals surface area contributed by atoms with Gasteiger partial charge in [0.15, 0.2) is 5.82 Å². The van der Waals surface area contributed by atoms with E-state index in [9.17, 15) is 0 Å². The molecule has 1 atom stereocenters. The largest absolute Gasteiger partial charge is 0.367 e. The van der Waals surface area contributed by atoms with Crippen LogP contribution in [0, 0.1) is 0 Å². The van der Waals surface area contributed by atoms with Gasteiger partial charge in [0.1, 0.15) is 5.82 Å². The van der Waals surface area contributed by atoms with Crippen LogP contribution in [0.3, 0.4) is 0 Å². The monoisotopic (exact) mass is 303 g/mol. The molecule has 1 unspecified atom stereocenters. The van der Waals surface area contributed by atoms with E-state index in [1.807, 2.05) is 54.6 Å². The predicted octanol–water partition coefficient (Wildman–Crippen LogP) is 5.02. The summed E-state index contributed by atoms with van der Waals surface area (Å²) in [4.78, 5) is 9.45. The summed E-state index contributed by atoms with van der Waals surface area (Å²) in [6.07, 6.45) is 1.05. The van der Waals surface area contributed by atoms with Gasteiger partial charge in [-0.3, -0.25) is 0 Å². The second-order valence-corrected chi connectivity index (χ2v) is 5.65. The van der Waals surface area contributed by atoms with Crippen LogP contribution in [-0.2, 0) is 0 Å². The molecule has 0 saturated carbocycles. The number of anilines is 1. The second kappa shape index (κ2) is 7.05. The third-order valence-corrected chi connectivity index (χ3v) is 3.83. The van der Waals surface area contributed by atoms with Gasteiger partial charge in [0, 0.05) is 23.2 Å². The van der Waals surface area contributed by atoms with Gasteiger partial charge in [0.05, 0.1) is 5.69 Å². The minimum absolute atomic E-state index is 0.372. The maximum atomic E-state index is 4.76. The molecule has 3 rings (SSSR count). The molecule has 0 aliphatic carbocycles. The number of aromatic nitrogens is 2. The van der Waals surface area contributed by atoms with Crippen LogP contribution >= 0.6 is 0 Å². The summed E-state index contributed by atoms with van der Waals surface area (Å²) >= 11 is 0. The van der Waals surface area contributed by atoms with Crippen molar-refractivity contribution in [2.45, 2.75) is 26.3 Å². The average molecular weight is 303 g/mol. The number of nitrogens with one attached hydrogen (secondary N) is 1. The zero-order chi connectivity index (χ0) is 16.1. The Hall–Kier alpha value is -2.68. The summed E-state index contributed by atoms with van der Waals surface area (Å²) in [6, 6.07) is 22.7. The van der Waals surface area contributed by atoms with Crippen LogP contribution in [0.5, 0.6) is 0 Å². The quantitative estimate of drug-likeness (QED) is 0.719. The van der Waals surface area contributed by atoms with Crippen LogP contribution in [-0.4, -0.2) is 16.0 Å². The zero-order valence-corrected chi connectivity index (χ0v) is 13.5. The molecule has 1 aromatic heterocycles. The van der Waals surface area contributed by atoms with Crippen LogP contribution in [0.1, 0.15) is 20.3 Å². The van der Waals surface area contributed by atoms with Crippen molar-refractivity contribution < 1.29 is 0 Å². The van der Waals surface area contributed by atoms with E-state index >= 15 is 0 Å². The van der Waals surface area contributed by atoms with E-state index in [1.54, 1.807) is 0 Å². The van der Waals surface area contributed by atoms with Crippen molar-refractivity contribution in [1.29, 1.82) is 0 Å². The molecule has 0 bridgehead atoms. The maximum Gasteiger partial charge on any atom is 0.162 e. The molecule has 0 aliphatic heterocycles. The van der Waals surface area contributed by atoms with Crippen LogP contribution < -0.4 is 5.32 Å². The van der Waals surface area contributed by atoms with Crippen LogP contribution in [0.4, 0.5) is 5.82 Å². The summed E-state index contributed by atoms with van der Waals surface area (Å²) in [5.74, 6) is 1.62. The van der Waals surface area contributed by atoms with E-state index in [0.717, 1.165) is 34.9 Å². The highest BCUT2D eigenvalue weighted by Gasteiger charge is 2.09. The van der Waals surface area contributed by atoms with Crippen LogP contribution in [0.15, 0.2) is 66.7 Å². The van der Waals surface area contributed by atoms with E-state index in [2.05, 4.69) is 31.3 Å². The third kappa shape index (κ3) is 3.75. The van der Waals surface area contributed by atoms with Crippen molar-refractivity contribution in [3.05, 3.63) is 66.7 Å². The molecular formula is C20H21N3. The molecule has 0 radical (unpaired) electrons. The topological polar surface area (TPSA) is 37.8 Å². The van der Waals surface area contributed by atoms with Crippen LogP contribution in [0.2, 0.25) is 0 Å². The average Bonchev–Trinajstić information content (AvgIpc) is 2.63. The van der Waals surface area contributed by atoms with Crippen molar-refractivity contribution in [1.82, 2.24) is 9.97 Å². The van der Waals surface area contributed by atoms with Crippen molar-refractivity contribution >= 4 is 5.82 Å². The Morgan fingerprint density at radius 1 is 0.870 bits per heavy atom. The highest BCUT2D eigenvalue weighted by Crippen LogP contribution is 2.24. The molecule has 0 fully saturated rings. The van der Waals surface area contributed by atoms with Gasteiger partial charge in [0.25, 0.3) is 0 Å². The lowest BCUT2D eigenvalue weighted by Gasteiger charge is -2.14. The highest BCUT2D eigenvalue weighted by atomic mass is 15.0. The fourth-order valence-electron chi connectivity index (χ4n) is 2.35. The standard InChI is InChI=1S/C20H21N3/c1-3-15(2)21-19-14-18(16-10-6-4-7-11-16)22-20(23-19)17-12-8-5-9-13-17/h4-15H,3H2,1-2H3,(H,21,22,23). The van der Waals surface area contributed by atoms with Crippen LogP contribution in [0.25, 0.3) is 22.6 Å². The molecule has 1 N–H and O–H groups in total. The van der Waals surface area contributed by atoms with Gasteiger partial charge in [-0.2, -0.15) is 0 Å². The Morgan fingerprint density at radius 3 is 2.09 bits per heavy atom.